The molecule has 0 saturated heterocycles. The molecule has 0 radical (unpaired) electrons. The third-order valence-corrected chi connectivity index (χ3v) is 3.64. The summed E-state index contributed by atoms with van der Waals surface area (Å²) >= 11 is 0. The van der Waals surface area contributed by atoms with E-state index < -0.39 is 5.92 Å². The lowest BCUT2D eigenvalue weighted by molar-refractivity contribution is -0.481. The first-order chi connectivity index (χ1) is 11.1. The van der Waals surface area contributed by atoms with Crippen molar-refractivity contribution in [2.24, 2.45) is 0 Å². The number of methoxy groups -OCH3 is 3. The first-order valence-corrected chi connectivity index (χ1v) is 7.06. The van der Waals surface area contributed by atoms with Crippen LogP contribution in [0.15, 0.2) is 42.5 Å². The molecule has 0 fully saturated rings. The van der Waals surface area contributed by atoms with Gasteiger partial charge in [0.05, 0.1) is 27.2 Å². The quantitative estimate of drug-likeness (QED) is 0.579. The zero-order chi connectivity index (χ0) is 16.8. The summed E-state index contributed by atoms with van der Waals surface area (Å²) in [6, 6.07) is 12.6. The molecule has 1 atom stereocenters. The Balaban J connectivity index is 2.47. The van der Waals surface area contributed by atoms with Crippen LogP contribution in [0.1, 0.15) is 17.0 Å². The molecule has 0 amide bonds. The molecule has 6 nitrogen and oxygen atoms in total. The van der Waals surface area contributed by atoms with Gasteiger partial charge in [-0.25, -0.2) is 0 Å². The minimum Gasteiger partial charge on any atom is -0.497 e. The molecule has 0 bridgehead atoms. The number of hydrogen-bond donors (Lipinski definition) is 0. The maximum atomic E-state index is 11.1. The number of nitrogens with zero attached hydrogens (tertiary/aromatic N) is 1. The minimum absolute atomic E-state index is 0.220. The number of nitro groups is 1. The smallest absolute Gasteiger partial charge is 0.214 e. The van der Waals surface area contributed by atoms with Crippen LogP contribution in [0.5, 0.6) is 17.2 Å². The predicted molar refractivity (Wildman–Crippen MR) is 86.2 cm³/mol. The lowest BCUT2D eigenvalue weighted by Crippen LogP contribution is -2.14. The lowest BCUT2D eigenvalue weighted by Gasteiger charge is -2.17. The Hall–Kier alpha value is -2.76. The standard InChI is InChI=1S/C17H19NO5/c1-21-14-6-4-5-12(9-14)15(11-18(19)20)13-7-8-16(22-2)17(10-13)23-3/h4-10,15H,11H2,1-3H3/t15-/m0/s1. The molecule has 122 valence electrons. The van der Waals surface area contributed by atoms with Gasteiger partial charge in [-0.1, -0.05) is 18.2 Å². The fourth-order valence-corrected chi connectivity index (χ4v) is 2.48. The Kier molecular flexibility index (Phi) is 5.41. The molecule has 0 unspecified atom stereocenters. The van der Waals surface area contributed by atoms with E-state index in [1.54, 1.807) is 32.4 Å². The highest BCUT2D eigenvalue weighted by Gasteiger charge is 2.22. The van der Waals surface area contributed by atoms with Crippen molar-refractivity contribution in [1.29, 1.82) is 0 Å². The number of ether oxygens (including phenoxy) is 3. The molecule has 2 aromatic carbocycles. The van der Waals surface area contributed by atoms with Crippen LogP contribution < -0.4 is 14.2 Å². The fraction of sp³-hybridized carbons (Fsp3) is 0.294. The summed E-state index contributed by atoms with van der Waals surface area (Å²) < 4.78 is 15.7. The highest BCUT2D eigenvalue weighted by Crippen LogP contribution is 2.34. The normalized spacial score (nSPS) is 11.6. The Morgan fingerprint density at radius 2 is 1.65 bits per heavy atom. The van der Waals surface area contributed by atoms with Crippen molar-refractivity contribution in [3.05, 3.63) is 63.7 Å². The molecule has 23 heavy (non-hydrogen) atoms. The van der Waals surface area contributed by atoms with Crippen molar-refractivity contribution < 1.29 is 19.1 Å². The van der Waals surface area contributed by atoms with E-state index >= 15 is 0 Å². The van der Waals surface area contributed by atoms with E-state index in [0.717, 1.165) is 11.1 Å². The van der Waals surface area contributed by atoms with Gasteiger partial charge in [0.1, 0.15) is 5.75 Å². The maximum Gasteiger partial charge on any atom is 0.214 e. The third kappa shape index (κ3) is 3.91. The van der Waals surface area contributed by atoms with Gasteiger partial charge in [-0.2, -0.15) is 0 Å². The monoisotopic (exact) mass is 317 g/mol. The van der Waals surface area contributed by atoms with Crippen LogP contribution in [0, 0.1) is 10.1 Å². The average Bonchev–Trinajstić information content (AvgIpc) is 2.58. The van der Waals surface area contributed by atoms with Crippen LogP contribution in [0.4, 0.5) is 0 Å². The van der Waals surface area contributed by atoms with Gasteiger partial charge in [0.25, 0.3) is 0 Å². The first-order valence-electron chi connectivity index (χ1n) is 7.06. The Labute approximate surface area is 134 Å². The van der Waals surface area contributed by atoms with Crippen molar-refractivity contribution >= 4 is 0 Å². The molecule has 0 aromatic heterocycles. The van der Waals surface area contributed by atoms with Gasteiger partial charge in [-0.05, 0) is 35.4 Å². The van der Waals surface area contributed by atoms with E-state index in [-0.39, 0.29) is 11.5 Å². The molecule has 0 spiro atoms. The summed E-state index contributed by atoms with van der Waals surface area (Å²) in [6.45, 7) is -0.220. The summed E-state index contributed by atoms with van der Waals surface area (Å²) in [5, 5.41) is 11.1. The molecular formula is C17H19NO5. The number of rotatable bonds is 7. The first kappa shape index (κ1) is 16.6. The molecule has 6 heteroatoms. The third-order valence-electron chi connectivity index (χ3n) is 3.64. The lowest BCUT2D eigenvalue weighted by atomic mass is 9.91. The van der Waals surface area contributed by atoms with Crippen LogP contribution >= 0.6 is 0 Å². The van der Waals surface area contributed by atoms with E-state index in [2.05, 4.69) is 0 Å². The molecule has 0 aliphatic carbocycles. The van der Waals surface area contributed by atoms with Crippen molar-refractivity contribution in [3.8, 4) is 17.2 Å². The molecular weight excluding hydrogens is 298 g/mol. The highest BCUT2D eigenvalue weighted by molar-refractivity contribution is 5.46. The highest BCUT2D eigenvalue weighted by atomic mass is 16.6. The van der Waals surface area contributed by atoms with Crippen LogP contribution in [0.3, 0.4) is 0 Å². The van der Waals surface area contributed by atoms with E-state index in [4.69, 9.17) is 14.2 Å². The fourth-order valence-electron chi connectivity index (χ4n) is 2.48. The van der Waals surface area contributed by atoms with Crippen LogP contribution in [0.2, 0.25) is 0 Å². The second-order valence-corrected chi connectivity index (χ2v) is 4.96. The van der Waals surface area contributed by atoms with Gasteiger partial charge >= 0.3 is 0 Å². The van der Waals surface area contributed by atoms with Gasteiger partial charge in [0.15, 0.2) is 11.5 Å². The van der Waals surface area contributed by atoms with Crippen LogP contribution in [0.25, 0.3) is 0 Å². The van der Waals surface area contributed by atoms with Crippen molar-refractivity contribution in [2.75, 3.05) is 27.9 Å². The molecule has 0 saturated carbocycles. The SMILES string of the molecule is COc1cccc([C@H](C[N+](=O)[O-])c2ccc(OC)c(OC)c2)c1. The maximum absolute atomic E-state index is 11.1. The summed E-state index contributed by atoms with van der Waals surface area (Å²) in [7, 11) is 4.65. The minimum atomic E-state index is -0.403. The molecule has 0 N–H and O–H groups in total. The molecule has 0 heterocycles. The van der Waals surface area contributed by atoms with E-state index in [1.807, 2.05) is 24.3 Å². The molecule has 2 rings (SSSR count). The zero-order valence-electron chi connectivity index (χ0n) is 13.3. The zero-order valence-corrected chi connectivity index (χ0v) is 13.3. The Bertz CT molecular complexity index is 686. The van der Waals surface area contributed by atoms with Crippen LogP contribution in [-0.4, -0.2) is 32.8 Å². The number of hydrogen-bond acceptors (Lipinski definition) is 5. The summed E-state index contributed by atoms with van der Waals surface area (Å²) in [6.07, 6.45) is 0. The van der Waals surface area contributed by atoms with Crippen molar-refractivity contribution in [2.45, 2.75) is 5.92 Å². The van der Waals surface area contributed by atoms with Gasteiger partial charge in [0, 0.05) is 4.92 Å². The average molecular weight is 317 g/mol. The largest absolute Gasteiger partial charge is 0.497 e. The molecule has 0 aliphatic heterocycles. The van der Waals surface area contributed by atoms with Gasteiger partial charge in [0.2, 0.25) is 6.54 Å². The summed E-state index contributed by atoms with van der Waals surface area (Å²) in [4.78, 5) is 10.8. The summed E-state index contributed by atoms with van der Waals surface area (Å²) in [5.41, 5.74) is 1.60. The second kappa shape index (κ2) is 7.49. The predicted octanol–water partition coefficient (Wildman–Crippen LogP) is 3.12. The Morgan fingerprint density at radius 3 is 2.26 bits per heavy atom. The second-order valence-electron chi connectivity index (χ2n) is 4.96. The Morgan fingerprint density at radius 1 is 0.957 bits per heavy atom. The van der Waals surface area contributed by atoms with Gasteiger partial charge < -0.3 is 14.2 Å². The number of benzene rings is 2. The van der Waals surface area contributed by atoms with E-state index in [1.165, 1.54) is 7.11 Å². The molecule has 0 aliphatic rings. The van der Waals surface area contributed by atoms with Gasteiger partial charge in [-0.3, -0.25) is 10.1 Å². The van der Waals surface area contributed by atoms with E-state index in [9.17, 15) is 10.1 Å². The van der Waals surface area contributed by atoms with Crippen molar-refractivity contribution in [1.82, 2.24) is 0 Å². The molecule has 2 aromatic rings. The van der Waals surface area contributed by atoms with Crippen molar-refractivity contribution in [3.63, 3.8) is 0 Å². The van der Waals surface area contributed by atoms with E-state index in [0.29, 0.717) is 17.2 Å². The summed E-state index contributed by atoms with van der Waals surface area (Å²) in [5.74, 6) is 1.39. The van der Waals surface area contributed by atoms with Gasteiger partial charge in [-0.15, -0.1) is 0 Å². The topological polar surface area (TPSA) is 70.8 Å². The van der Waals surface area contributed by atoms with Crippen LogP contribution in [-0.2, 0) is 0 Å².